The van der Waals surface area contributed by atoms with Gasteiger partial charge in [-0.05, 0) is 17.7 Å². The van der Waals surface area contributed by atoms with Gasteiger partial charge in [0, 0.05) is 0 Å². The van der Waals surface area contributed by atoms with Crippen LogP contribution in [-0.4, -0.2) is 49.7 Å². The molecule has 18 heavy (non-hydrogen) atoms. The zero-order valence-corrected chi connectivity index (χ0v) is 10.7. The van der Waals surface area contributed by atoms with Crippen LogP contribution < -0.4 is 10.1 Å². The first kappa shape index (κ1) is 14.9. The minimum atomic E-state index is -0.505. The van der Waals surface area contributed by atoms with Gasteiger partial charge in [-0.25, -0.2) is 0 Å². The molecule has 5 heteroatoms. The summed E-state index contributed by atoms with van der Waals surface area (Å²) in [6, 6.07) is 7.63. The van der Waals surface area contributed by atoms with Gasteiger partial charge < -0.3 is 25.0 Å². The first-order chi connectivity index (χ1) is 8.76. The number of rotatable bonds is 9. The standard InChI is InChI=1S/C13H21NO4/c1-17-13-4-2-11(3-5-13)9-18-10-12(16)8-14-6-7-15/h2-5,12,14-16H,6-10H2,1H3/p+1/t12-/m0/s1. The molecule has 0 aromatic heterocycles. The van der Waals surface area contributed by atoms with Crippen molar-refractivity contribution in [2.45, 2.75) is 12.7 Å². The number of ether oxygens (including phenoxy) is 2. The zero-order chi connectivity index (χ0) is 13.2. The summed E-state index contributed by atoms with van der Waals surface area (Å²) in [6.07, 6.45) is -0.505. The SMILES string of the molecule is COc1ccc(COC[C@@H](O)C[NH2+]CCO)cc1. The molecule has 0 aliphatic carbocycles. The van der Waals surface area contributed by atoms with E-state index in [1.807, 2.05) is 29.6 Å². The molecule has 0 amide bonds. The Morgan fingerprint density at radius 1 is 1.28 bits per heavy atom. The molecule has 1 aromatic carbocycles. The van der Waals surface area contributed by atoms with E-state index in [4.69, 9.17) is 14.6 Å². The molecule has 5 nitrogen and oxygen atoms in total. The van der Waals surface area contributed by atoms with E-state index < -0.39 is 6.10 Å². The molecule has 0 unspecified atom stereocenters. The topological polar surface area (TPSA) is 75.5 Å². The third-order valence-corrected chi connectivity index (χ3v) is 2.51. The van der Waals surface area contributed by atoms with Crippen LogP contribution in [0, 0.1) is 0 Å². The summed E-state index contributed by atoms with van der Waals surface area (Å²) in [5.74, 6) is 0.817. The highest BCUT2D eigenvalue weighted by molar-refractivity contribution is 5.26. The van der Waals surface area contributed by atoms with Crippen LogP contribution in [0.1, 0.15) is 5.56 Å². The van der Waals surface area contributed by atoms with E-state index in [1.54, 1.807) is 7.11 Å². The highest BCUT2D eigenvalue weighted by Crippen LogP contribution is 2.11. The van der Waals surface area contributed by atoms with Crippen molar-refractivity contribution >= 4 is 0 Å². The van der Waals surface area contributed by atoms with E-state index in [-0.39, 0.29) is 6.61 Å². The highest BCUT2D eigenvalue weighted by atomic mass is 16.5. The molecule has 0 aliphatic rings. The fourth-order valence-electron chi connectivity index (χ4n) is 1.50. The van der Waals surface area contributed by atoms with Crippen molar-refractivity contribution in [1.82, 2.24) is 0 Å². The first-order valence-corrected chi connectivity index (χ1v) is 6.07. The number of nitrogens with two attached hydrogens (primary N) is 1. The van der Waals surface area contributed by atoms with Crippen LogP contribution in [0.15, 0.2) is 24.3 Å². The average molecular weight is 256 g/mol. The van der Waals surface area contributed by atoms with Crippen molar-refractivity contribution in [2.75, 3.05) is 33.4 Å². The van der Waals surface area contributed by atoms with E-state index in [1.165, 1.54) is 0 Å². The van der Waals surface area contributed by atoms with Crippen LogP contribution >= 0.6 is 0 Å². The molecule has 0 saturated carbocycles. The molecule has 0 bridgehead atoms. The van der Waals surface area contributed by atoms with Crippen LogP contribution in [0.5, 0.6) is 5.75 Å². The summed E-state index contributed by atoms with van der Waals surface area (Å²) in [5.41, 5.74) is 1.04. The predicted molar refractivity (Wildman–Crippen MR) is 67.4 cm³/mol. The van der Waals surface area contributed by atoms with Crippen LogP contribution in [0.3, 0.4) is 0 Å². The predicted octanol–water partition coefficient (Wildman–Crippen LogP) is -0.872. The fourth-order valence-corrected chi connectivity index (χ4v) is 1.50. The lowest BCUT2D eigenvalue weighted by Gasteiger charge is -2.10. The molecule has 0 saturated heterocycles. The van der Waals surface area contributed by atoms with Gasteiger partial charge in [-0.3, -0.25) is 0 Å². The van der Waals surface area contributed by atoms with Gasteiger partial charge in [-0.15, -0.1) is 0 Å². The number of hydrogen-bond donors (Lipinski definition) is 3. The average Bonchev–Trinajstić information content (AvgIpc) is 2.40. The monoisotopic (exact) mass is 256 g/mol. The largest absolute Gasteiger partial charge is 0.497 e. The lowest BCUT2D eigenvalue weighted by molar-refractivity contribution is -0.662. The van der Waals surface area contributed by atoms with Crippen molar-refractivity contribution in [3.05, 3.63) is 29.8 Å². The molecule has 0 radical (unpaired) electrons. The van der Waals surface area contributed by atoms with E-state index in [9.17, 15) is 5.11 Å². The fraction of sp³-hybridized carbons (Fsp3) is 0.538. The minimum Gasteiger partial charge on any atom is -0.497 e. The van der Waals surface area contributed by atoms with Gasteiger partial charge in [-0.1, -0.05) is 12.1 Å². The maximum absolute atomic E-state index is 9.58. The molecule has 0 fully saturated rings. The second-order valence-electron chi connectivity index (χ2n) is 4.05. The number of hydrogen-bond acceptors (Lipinski definition) is 4. The summed E-state index contributed by atoms with van der Waals surface area (Å²) in [6.45, 7) is 2.05. The number of methoxy groups -OCH3 is 1. The third kappa shape index (κ3) is 5.97. The summed E-state index contributed by atoms with van der Waals surface area (Å²) >= 11 is 0. The van der Waals surface area contributed by atoms with Crippen molar-refractivity contribution in [3.63, 3.8) is 0 Å². The summed E-state index contributed by atoms with van der Waals surface area (Å²) in [5, 5.41) is 20.0. The Kier molecular flexibility index (Phi) is 7.36. The Bertz CT molecular complexity index is 315. The van der Waals surface area contributed by atoms with E-state index in [0.717, 1.165) is 11.3 Å². The normalized spacial score (nSPS) is 12.4. The zero-order valence-electron chi connectivity index (χ0n) is 10.7. The van der Waals surface area contributed by atoms with Gasteiger partial charge in [0.05, 0.1) is 33.5 Å². The van der Waals surface area contributed by atoms with Crippen molar-refractivity contribution in [1.29, 1.82) is 0 Å². The highest BCUT2D eigenvalue weighted by Gasteiger charge is 2.06. The molecule has 0 spiro atoms. The number of quaternary nitrogens is 1. The van der Waals surface area contributed by atoms with Crippen molar-refractivity contribution < 1.29 is 25.0 Å². The quantitative estimate of drug-likeness (QED) is 0.502. The van der Waals surface area contributed by atoms with Gasteiger partial charge in [0.1, 0.15) is 18.4 Å². The molecule has 4 N–H and O–H groups in total. The minimum absolute atomic E-state index is 0.124. The van der Waals surface area contributed by atoms with E-state index >= 15 is 0 Å². The molecule has 1 rings (SSSR count). The van der Waals surface area contributed by atoms with Gasteiger partial charge in [0.2, 0.25) is 0 Å². The lowest BCUT2D eigenvalue weighted by Crippen LogP contribution is -2.87. The van der Waals surface area contributed by atoms with Crippen LogP contribution in [-0.2, 0) is 11.3 Å². The third-order valence-electron chi connectivity index (χ3n) is 2.51. The molecule has 102 valence electrons. The van der Waals surface area contributed by atoms with Gasteiger partial charge in [0.25, 0.3) is 0 Å². The van der Waals surface area contributed by atoms with Gasteiger partial charge in [0.15, 0.2) is 0 Å². The number of aliphatic hydroxyl groups excluding tert-OH is 2. The molecule has 1 aromatic rings. The van der Waals surface area contributed by atoms with Gasteiger partial charge >= 0.3 is 0 Å². The Hall–Kier alpha value is -1.14. The van der Waals surface area contributed by atoms with E-state index in [2.05, 4.69) is 0 Å². The summed E-state index contributed by atoms with van der Waals surface area (Å²) in [7, 11) is 1.63. The van der Waals surface area contributed by atoms with Crippen molar-refractivity contribution in [2.24, 2.45) is 0 Å². The summed E-state index contributed by atoms with van der Waals surface area (Å²) < 4.78 is 10.5. The molecule has 0 heterocycles. The Morgan fingerprint density at radius 2 is 2.00 bits per heavy atom. The van der Waals surface area contributed by atoms with Crippen LogP contribution in [0.4, 0.5) is 0 Å². The Morgan fingerprint density at radius 3 is 2.61 bits per heavy atom. The Labute approximate surface area is 107 Å². The first-order valence-electron chi connectivity index (χ1n) is 6.07. The molecule has 1 atom stereocenters. The molecular formula is C13H22NO4+. The number of benzene rings is 1. The lowest BCUT2D eigenvalue weighted by atomic mass is 10.2. The van der Waals surface area contributed by atoms with Crippen molar-refractivity contribution in [3.8, 4) is 5.75 Å². The van der Waals surface area contributed by atoms with Crippen LogP contribution in [0.2, 0.25) is 0 Å². The van der Waals surface area contributed by atoms with E-state index in [0.29, 0.717) is 26.3 Å². The maximum Gasteiger partial charge on any atom is 0.126 e. The second-order valence-corrected chi connectivity index (χ2v) is 4.05. The molecular weight excluding hydrogens is 234 g/mol. The molecule has 0 aliphatic heterocycles. The summed E-state index contributed by atoms with van der Waals surface area (Å²) in [4.78, 5) is 0. The number of aliphatic hydroxyl groups is 2. The van der Waals surface area contributed by atoms with Gasteiger partial charge in [-0.2, -0.15) is 0 Å². The maximum atomic E-state index is 9.58. The smallest absolute Gasteiger partial charge is 0.126 e. The Balaban J connectivity index is 2.16. The van der Waals surface area contributed by atoms with Crippen LogP contribution in [0.25, 0.3) is 0 Å². The second kappa shape index (κ2) is 8.88.